The smallest absolute Gasteiger partial charge is 0.0710 e. The second-order valence-electron chi connectivity index (χ2n) is 5.77. The van der Waals surface area contributed by atoms with E-state index >= 15 is 0 Å². The van der Waals surface area contributed by atoms with Crippen LogP contribution in [0.25, 0.3) is 0 Å². The van der Waals surface area contributed by atoms with Crippen LogP contribution in [0.15, 0.2) is 24.3 Å². The number of likely N-dealkylation sites (tertiary alicyclic amines) is 1. The van der Waals surface area contributed by atoms with E-state index in [0.29, 0.717) is 12.1 Å². The van der Waals surface area contributed by atoms with Gasteiger partial charge in [-0.2, -0.15) is 0 Å². The first-order valence-corrected chi connectivity index (χ1v) is 7.78. The van der Waals surface area contributed by atoms with Gasteiger partial charge in [-0.25, -0.2) is 0 Å². The van der Waals surface area contributed by atoms with Gasteiger partial charge in [-0.05, 0) is 37.4 Å². The van der Waals surface area contributed by atoms with Gasteiger partial charge in [0.05, 0.1) is 6.10 Å². The van der Waals surface area contributed by atoms with Crippen molar-refractivity contribution in [2.75, 3.05) is 33.3 Å². The third-order valence-corrected chi connectivity index (χ3v) is 4.21. The fourth-order valence-corrected chi connectivity index (χ4v) is 2.98. The van der Waals surface area contributed by atoms with Crippen molar-refractivity contribution in [3.63, 3.8) is 0 Å². The predicted molar refractivity (Wildman–Crippen MR) is 84.1 cm³/mol. The number of nitrogens with zero attached hydrogens (tertiary/aromatic N) is 1. The highest BCUT2D eigenvalue weighted by Gasteiger charge is 2.25. The van der Waals surface area contributed by atoms with Crippen LogP contribution in [0.2, 0.25) is 0 Å². The first-order valence-electron chi connectivity index (χ1n) is 7.78. The molecule has 0 aliphatic carbocycles. The van der Waals surface area contributed by atoms with Gasteiger partial charge in [0.15, 0.2) is 0 Å². The molecule has 112 valence electrons. The maximum atomic E-state index is 5.47. The van der Waals surface area contributed by atoms with E-state index in [-0.39, 0.29) is 0 Å². The number of hydrogen-bond donors (Lipinski definition) is 1. The average Bonchev–Trinajstić information content (AvgIpc) is 2.92. The molecule has 0 bridgehead atoms. The molecular formula is C17H28N2O. The average molecular weight is 276 g/mol. The van der Waals surface area contributed by atoms with E-state index < -0.39 is 0 Å². The van der Waals surface area contributed by atoms with Crippen LogP contribution in [0.3, 0.4) is 0 Å². The van der Waals surface area contributed by atoms with Crippen molar-refractivity contribution in [1.29, 1.82) is 0 Å². The summed E-state index contributed by atoms with van der Waals surface area (Å²) < 4.78 is 5.47. The summed E-state index contributed by atoms with van der Waals surface area (Å²) in [7, 11) is 1.82. The molecule has 1 fully saturated rings. The molecule has 1 aromatic rings. The van der Waals surface area contributed by atoms with Crippen molar-refractivity contribution < 1.29 is 4.74 Å². The highest BCUT2D eigenvalue weighted by Crippen LogP contribution is 2.21. The molecule has 1 aliphatic heterocycles. The van der Waals surface area contributed by atoms with Crippen molar-refractivity contribution in [3.05, 3.63) is 35.4 Å². The number of rotatable bonds is 7. The highest BCUT2D eigenvalue weighted by atomic mass is 16.5. The number of hydrogen-bond acceptors (Lipinski definition) is 3. The molecule has 20 heavy (non-hydrogen) atoms. The lowest BCUT2D eigenvalue weighted by molar-refractivity contribution is 0.106. The molecule has 3 heteroatoms. The fourth-order valence-electron chi connectivity index (χ4n) is 2.98. The maximum absolute atomic E-state index is 5.47. The van der Waals surface area contributed by atoms with Crippen LogP contribution < -0.4 is 5.32 Å². The van der Waals surface area contributed by atoms with E-state index in [4.69, 9.17) is 4.74 Å². The van der Waals surface area contributed by atoms with Crippen LogP contribution in [0.1, 0.15) is 36.9 Å². The molecule has 1 N–H and O–H groups in total. The SMILES string of the molecule is CCCNC(CN1CCC(OC)C1)c1ccccc1C. The van der Waals surface area contributed by atoms with Gasteiger partial charge in [0.2, 0.25) is 0 Å². The summed E-state index contributed by atoms with van der Waals surface area (Å²) >= 11 is 0. The van der Waals surface area contributed by atoms with Crippen LogP contribution in [-0.4, -0.2) is 44.3 Å². The number of benzene rings is 1. The number of methoxy groups -OCH3 is 1. The molecule has 0 aromatic heterocycles. The molecule has 1 aromatic carbocycles. The summed E-state index contributed by atoms with van der Waals surface area (Å²) in [5, 5.41) is 3.70. The van der Waals surface area contributed by atoms with Gasteiger partial charge in [-0.3, -0.25) is 4.90 Å². The minimum Gasteiger partial charge on any atom is -0.380 e. The minimum absolute atomic E-state index is 0.415. The quantitative estimate of drug-likeness (QED) is 0.829. The Morgan fingerprint density at radius 2 is 2.20 bits per heavy atom. The second-order valence-corrected chi connectivity index (χ2v) is 5.77. The first kappa shape index (κ1) is 15.5. The van der Waals surface area contributed by atoms with Gasteiger partial charge in [-0.15, -0.1) is 0 Å². The monoisotopic (exact) mass is 276 g/mol. The highest BCUT2D eigenvalue weighted by molar-refractivity contribution is 5.29. The zero-order valence-electron chi connectivity index (χ0n) is 13.1. The summed E-state index contributed by atoms with van der Waals surface area (Å²) in [6.45, 7) is 8.78. The molecule has 0 amide bonds. The van der Waals surface area contributed by atoms with Crippen molar-refractivity contribution >= 4 is 0 Å². The second kappa shape index (κ2) is 7.77. The molecule has 0 radical (unpaired) electrons. The Balaban J connectivity index is 2.02. The molecule has 2 rings (SSSR count). The molecule has 0 saturated carbocycles. The van der Waals surface area contributed by atoms with Crippen LogP contribution in [-0.2, 0) is 4.74 Å². The summed E-state index contributed by atoms with van der Waals surface area (Å²) in [5.74, 6) is 0. The van der Waals surface area contributed by atoms with E-state index in [9.17, 15) is 0 Å². The van der Waals surface area contributed by atoms with Crippen LogP contribution >= 0.6 is 0 Å². The van der Waals surface area contributed by atoms with Crippen LogP contribution in [0, 0.1) is 6.92 Å². The number of aryl methyl sites for hydroxylation is 1. The lowest BCUT2D eigenvalue weighted by Gasteiger charge is -2.26. The van der Waals surface area contributed by atoms with Gasteiger partial charge >= 0.3 is 0 Å². The van der Waals surface area contributed by atoms with Crippen molar-refractivity contribution in [1.82, 2.24) is 10.2 Å². The molecule has 1 heterocycles. The zero-order chi connectivity index (χ0) is 14.4. The summed E-state index contributed by atoms with van der Waals surface area (Å²) in [5.41, 5.74) is 2.81. The van der Waals surface area contributed by atoms with Crippen molar-refractivity contribution in [2.45, 2.75) is 38.8 Å². The summed E-state index contributed by atoms with van der Waals surface area (Å²) in [6.07, 6.45) is 2.74. The summed E-state index contributed by atoms with van der Waals surface area (Å²) in [4.78, 5) is 2.52. The Kier molecular flexibility index (Phi) is 6.02. The Hall–Kier alpha value is -0.900. The van der Waals surface area contributed by atoms with Gasteiger partial charge in [0.1, 0.15) is 0 Å². The van der Waals surface area contributed by atoms with Crippen LogP contribution in [0.4, 0.5) is 0 Å². The van der Waals surface area contributed by atoms with E-state index in [1.165, 1.54) is 17.5 Å². The van der Waals surface area contributed by atoms with Gasteiger partial charge in [0, 0.05) is 32.8 Å². The fraction of sp³-hybridized carbons (Fsp3) is 0.647. The normalized spacial score (nSPS) is 21.2. The first-order chi connectivity index (χ1) is 9.74. The Bertz CT molecular complexity index is 408. The Morgan fingerprint density at radius 3 is 2.85 bits per heavy atom. The molecule has 0 spiro atoms. The van der Waals surface area contributed by atoms with Gasteiger partial charge < -0.3 is 10.1 Å². The lowest BCUT2D eigenvalue weighted by atomic mass is 10.0. The minimum atomic E-state index is 0.415. The molecule has 1 aliphatic rings. The third kappa shape index (κ3) is 4.05. The topological polar surface area (TPSA) is 24.5 Å². The molecule has 3 nitrogen and oxygen atoms in total. The van der Waals surface area contributed by atoms with E-state index in [2.05, 4.69) is 48.3 Å². The number of nitrogens with one attached hydrogen (secondary N) is 1. The van der Waals surface area contributed by atoms with Crippen molar-refractivity contribution in [2.24, 2.45) is 0 Å². The van der Waals surface area contributed by atoms with E-state index in [1.54, 1.807) is 0 Å². The van der Waals surface area contributed by atoms with Crippen molar-refractivity contribution in [3.8, 4) is 0 Å². The molecule has 1 saturated heterocycles. The predicted octanol–water partition coefficient (Wildman–Crippen LogP) is 2.76. The Morgan fingerprint density at radius 1 is 1.40 bits per heavy atom. The van der Waals surface area contributed by atoms with Gasteiger partial charge in [0.25, 0.3) is 0 Å². The molecule has 2 atom stereocenters. The van der Waals surface area contributed by atoms with Crippen LogP contribution in [0.5, 0.6) is 0 Å². The maximum Gasteiger partial charge on any atom is 0.0710 e. The zero-order valence-corrected chi connectivity index (χ0v) is 13.1. The Labute approximate surface area is 123 Å². The van der Waals surface area contributed by atoms with E-state index in [0.717, 1.165) is 32.6 Å². The number of ether oxygens (including phenoxy) is 1. The molecular weight excluding hydrogens is 248 g/mol. The lowest BCUT2D eigenvalue weighted by Crippen LogP contribution is -2.35. The summed E-state index contributed by atoms with van der Waals surface area (Å²) in [6, 6.07) is 9.15. The largest absolute Gasteiger partial charge is 0.380 e. The standard InChI is InChI=1S/C17H28N2O/c1-4-10-18-17(16-8-6-5-7-14(16)2)13-19-11-9-15(12-19)20-3/h5-8,15,17-18H,4,9-13H2,1-3H3. The van der Waals surface area contributed by atoms with Gasteiger partial charge in [-0.1, -0.05) is 31.2 Å². The van der Waals surface area contributed by atoms with E-state index in [1.807, 2.05) is 7.11 Å². The third-order valence-electron chi connectivity index (χ3n) is 4.21. The molecule has 2 unspecified atom stereocenters.